The van der Waals surface area contributed by atoms with E-state index < -0.39 is 37.8 Å². The van der Waals surface area contributed by atoms with Crippen molar-refractivity contribution in [2.75, 3.05) is 6.16 Å². The molecule has 178 valence electrons. The van der Waals surface area contributed by atoms with Crippen molar-refractivity contribution in [1.82, 2.24) is 4.98 Å². The summed E-state index contributed by atoms with van der Waals surface area (Å²) in [6.07, 6.45) is -1.66. The van der Waals surface area contributed by atoms with Gasteiger partial charge in [-0.2, -0.15) is 0 Å². The van der Waals surface area contributed by atoms with Crippen LogP contribution in [0.15, 0.2) is 66.5 Å². The van der Waals surface area contributed by atoms with Gasteiger partial charge in [0.15, 0.2) is 0 Å². The van der Waals surface area contributed by atoms with Gasteiger partial charge >= 0.3 is 37.7 Å². The van der Waals surface area contributed by atoms with Crippen molar-refractivity contribution < 1.29 is 66.6 Å². The van der Waals surface area contributed by atoms with Crippen molar-refractivity contribution in [2.45, 2.75) is 32.3 Å². The molecule has 0 saturated carbocycles. The summed E-state index contributed by atoms with van der Waals surface area (Å²) in [5, 5.41) is 20.4. The zero-order chi connectivity index (χ0) is 24.9. The van der Waals surface area contributed by atoms with E-state index in [2.05, 4.69) is 0 Å². The molecule has 1 unspecified atom stereocenters. The van der Waals surface area contributed by atoms with Crippen LogP contribution in [0.2, 0.25) is 0 Å². The number of hydrogen-bond acceptors (Lipinski definition) is 6. The van der Waals surface area contributed by atoms with Crippen LogP contribution in [0.25, 0.3) is 28.5 Å². The predicted octanol–water partition coefficient (Wildman–Crippen LogP) is -2.20. The number of rotatable bonds is 9. The number of halogens is 1. The smallest absolute Gasteiger partial charge is 0.796 e. The molecule has 0 bridgehead atoms. The molecule has 0 aliphatic rings. The van der Waals surface area contributed by atoms with E-state index in [-0.39, 0.29) is 43.6 Å². The second-order valence-corrected chi connectivity index (χ2v) is 10.5. The number of aliphatic carboxylic acids is 1. The van der Waals surface area contributed by atoms with E-state index in [1.165, 1.54) is 18.2 Å². The van der Waals surface area contributed by atoms with Crippen molar-refractivity contribution in [3.8, 4) is 22.4 Å². The number of pyridine rings is 1. The Labute approximate surface area is 234 Å². The van der Waals surface area contributed by atoms with Crippen molar-refractivity contribution in [3.63, 3.8) is 0 Å². The van der Waals surface area contributed by atoms with Crippen LogP contribution < -0.4 is 47.7 Å². The molecule has 0 aliphatic heterocycles. The summed E-state index contributed by atoms with van der Waals surface area (Å²) in [6.45, 7) is 3.87. The fourth-order valence-corrected chi connectivity index (χ4v) is 4.83. The molecule has 0 amide bonds. The van der Waals surface area contributed by atoms with Crippen molar-refractivity contribution in [3.05, 3.63) is 83.6 Å². The molecule has 3 rings (SSSR count). The van der Waals surface area contributed by atoms with Gasteiger partial charge < -0.3 is 24.5 Å². The van der Waals surface area contributed by atoms with Gasteiger partial charge in [0.25, 0.3) is 0 Å². The molecule has 2 aromatic carbocycles. The van der Waals surface area contributed by atoms with E-state index >= 15 is 0 Å². The topological polar surface area (TPSA) is 113 Å². The Morgan fingerprint density at radius 1 is 1.08 bits per heavy atom. The summed E-state index contributed by atoms with van der Waals surface area (Å²) in [5.41, 5.74) is 4.11. The number of aromatic nitrogens is 1. The molecule has 1 N–H and O–H groups in total. The zero-order valence-corrected chi connectivity index (χ0v) is 21.7. The number of carbonyl (C=O) groups is 1. The minimum absolute atomic E-state index is 0. The molecular weight excluding hydrogens is 470 g/mol. The minimum atomic E-state index is -4.27. The summed E-state index contributed by atoms with van der Waals surface area (Å²) in [6, 6.07) is 17.2. The molecule has 2 atom stereocenters. The average molecular weight is 495 g/mol. The number of aliphatic hydroxyl groups is 1. The molecule has 3 aromatic rings. The van der Waals surface area contributed by atoms with Gasteiger partial charge in [-0.15, -0.1) is 0 Å². The summed E-state index contributed by atoms with van der Waals surface area (Å²) >= 11 is 0. The third-order valence-corrected chi connectivity index (χ3v) is 6.73. The first-order valence-corrected chi connectivity index (χ1v) is 12.7. The summed E-state index contributed by atoms with van der Waals surface area (Å²) in [4.78, 5) is 28.0. The molecule has 0 aliphatic carbocycles. The number of benzene rings is 2. The monoisotopic (exact) mass is 495 g/mol. The van der Waals surface area contributed by atoms with Crippen LogP contribution >= 0.6 is 7.37 Å². The Balaban J connectivity index is 0.00000324. The normalized spacial score (nSPS) is 13.5. The number of hydrogen-bond donors (Lipinski definition) is 1. The van der Waals surface area contributed by atoms with E-state index in [4.69, 9.17) is 4.98 Å². The molecule has 0 saturated heterocycles. The van der Waals surface area contributed by atoms with Gasteiger partial charge in [0.2, 0.25) is 0 Å². The summed E-state index contributed by atoms with van der Waals surface area (Å²) < 4.78 is 26.2. The van der Waals surface area contributed by atoms with Crippen LogP contribution in [-0.2, 0) is 9.36 Å². The zero-order valence-electron chi connectivity index (χ0n) is 20.8. The Morgan fingerprint density at radius 3 is 2.25 bits per heavy atom. The van der Waals surface area contributed by atoms with Crippen molar-refractivity contribution in [1.29, 1.82) is 0 Å². The molecule has 1 heterocycles. The second-order valence-electron chi connectivity index (χ2n) is 8.34. The number of nitrogens with zero attached hydrogens (tertiary/aromatic N) is 1. The van der Waals surface area contributed by atoms with Gasteiger partial charge in [-0.3, -0.25) is 4.98 Å². The number of carboxylic acid groups (broad SMARTS) is 1. The van der Waals surface area contributed by atoms with E-state index in [0.29, 0.717) is 28.1 Å². The van der Waals surface area contributed by atoms with Crippen LogP contribution in [0.3, 0.4) is 0 Å². The molecule has 0 radical (unpaired) electrons. The van der Waals surface area contributed by atoms with Gasteiger partial charge in [0.05, 0.1) is 17.5 Å². The second kappa shape index (κ2) is 14.1. The summed E-state index contributed by atoms with van der Waals surface area (Å²) in [7, 11) is -4.27. The fourth-order valence-electron chi connectivity index (χ4n) is 3.61. The van der Waals surface area contributed by atoms with Gasteiger partial charge in [0, 0.05) is 37.0 Å². The first kappa shape index (κ1) is 32.1. The van der Waals surface area contributed by atoms with Gasteiger partial charge in [-0.05, 0) is 41.1 Å². The van der Waals surface area contributed by atoms with Crippen LogP contribution in [-0.4, -0.2) is 28.3 Å². The number of aliphatic hydroxyl groups excluding tert-OH is 1. The number of carbonyl (C=O) groups excluding carboxylic acids is 1. The minimum Gasteiger partial charge on any atom is -0.796 e. The van der Waals surface area contributed by atoms with Crippen LogP contribution in [0.5, 0.6) is 0 Å². The SMILES string of the molecule is CC(C)c1nc(-c2ccccc2)cc(-c2ccc(F)cc2)c1/C=C/P(=O)([O-])C[C@H](O)CC(=O)[O-].[Li+].[Li+]. The number of carboxylic acids is 1. The third kappa shape index (κ3) is 8.88. The molecular formula is C26H25FLi2NO5P. The van der Waals surface area contributed by atoms with Gasteiger partial charge in [-0.1, -0.05) is 62.4 Å². The Hall–Kier alpha value is -1.93. The van der Waals surface area contributed by atoms with Crippen molar-refractivity contribution >= 4 is 19.4 Å². The maximum atomic E-state index is 13.6. The molecule has 1 aromatic heterocycles. The fraction of sp³-hybridized carbons (Fsp3) is 0.231. The van der Waals surface area contributed by atoms with Crippen LogP contribution in [0.4, 0.5) is 4.39 Å². The average Bonchev–Trinajstić information content (AvgIpc) is 2.77. The standard InChI is InChI=1S/C26H27FNO5P.2Li/c1-17(2)26-22(12-13-34(32,33)16-21(29)14-25(30)31)23(18-8-10-20(27)11-9-18)15-24(28-26)19-6-4-3-5-7-19;;/h3-13,15,17,21,29H,14,16H2,1-2H3,(H,30,31)(H,32,33);;/q;2*+1/p-2/b13-12+;;/t21-;;/m1../s1. The maximum Gasteiger partial charge on any atom is 1.00 e. The van der Waals surface area contributed by atoms with E-state index in [9.17, 15) is 28.9 Å². The van der Waals surface area contributed by atoms with E-state index in [1.54, 1.807) is 12.1 Å². The predicted molar refractivity (Wildman–Crippen MR) is 126 cm³/mol. The first-order valence-electron chi connectivity index (χ1n) is 10.8. The Morgan fingerprint density at radius 2 is 1.69 bits per heavy atom. The van der Waals surface area contributed by atoms with E-state index in [0.717, 1.165) is 11.4 Å². The molecule has 6 nitrogen and oxygen atoms in total. The maximum absolute atomic E-state index is 13.6. The van der Waals surface area contributed by atoms with E-state index in [1.807, 2.05) is 50.2 Å². The van der Waals surface area contributed by atoms with Crippen LogP contribution in [0, 0.1) is 5.82 Å². The third-order valence-electron chi connectivity index (χ3n) is 5.20. The van der Waals surface area contributed by atoms with Crippen LogP contribution in [0.1, 0.15) is 37.4 Å². The van der Waals surface area contributed by atoms with Gasteiger partial charge in [-0.25, -0.2) is 4.39 Å². The van der Waals surface area contributed by atoms with Crippen molar-refractivity contribution in [2.24, 2.45) is 0 Å². The molecule has 10 heteroatoms. The first-order chi connectivity index (χ1) is 16.1. The Bertz CT molecular complexity index is 1240. The molecule has 36 heavy (non-hydrogen) atoms. The summed E-state index contributed by atoms with van der Waals surface area (Å²) in [5.74, 6) is -1.02. The van der Waals surface area contributed by atoms with Gasteiger partial charge in [0.1, 0.15) is 5.82 Å². The molecule has 0 spiro atoms. The molecule has 0 fully saturated rings. The Kier molecular flexibility index (Phi) is 12.6. The largest absolute Gasteiger partial charge is 1.00 e. The quantitative estimate of drug-likeness (QED) is 0.266.